The van der Waals surface area contributed by atoms with Crippen LogP contribution in [0.5, 0.6) is 11.5 Å². The van der Waals surface area contributed by atoms with Crippen molar-refractivity contribution in [3.05, 3.63) is 42.5 Å². The van der Waals surface area contributed by atoms with Gasteiger partial charge in [-0.2, -0.15) is 0 Å². The number of carbonyl (C=O) groups excluding carboxylic acids is 2. The molecule has 136 valence electrons. The van der Waals surface area contributed by atoms with Crippen LogP contribution in [0.3, 0.4) is 0 Å². The van der Waals surface area contributed by atoms with Crippen molar-refractivity contribution in [2.75, 3.05) is 30.1 Å². The maximum atomic E-state index is 12.1. The van der Waals surface area contributed by atoms with E-state index < -0.39 is 0 Å². The fraction of sp³-hybridized carbons (Fsp3) is 0.263. The summed E-state index contributed by atoms with van der Waals surface area (Å²) in [6.45, 7) is -0.184. The summed E-state index contributed by atoms with van der Waals surface area (Å²) in [7, 11) is 1.54. The first-order chi connectivity index (χ1) is 12.5. The van der Waals surface area contributed by atoms with Gasteiger partial charge in [0.15, 0.2) is 6.61 Å². The van der Waals surface area contributed by atoms with E-state index in [1.165, 1.54) is 7.11 Å². The standard InChI is InChI=1S/C19H21N3O4/c1-25-14-7-8-16(20)17(10-14)22-18(23)11-26-15-4-2-3-13(9-15)21-19(24)12-5-6-12/h2-4,7-10,12H,5-6,11,20H2,1H3,(H,21,24)(H,22,23). The molecule has 0 atom stereocenters. The third-order valence-electron chi connectivity index (χ3n) is 3.95. The summed E-state index contributed by atoms with van der Waals surface area (Å²) >= 11 is 0. The van der Waals surface area contributed by atoms with Gasteiger partial charge < -0.3 is 25.8 Å². The van der Waals surface area contributed by atoms with Crippen LogP contribution < -0.4 is 25.8 Å². The summed E-state index contributed by atoms with van der Waals surface area (Å²) in [6.07, 6.45) is 1.88. The molecule has 0 aliphatic heterocycles. The Morgan fingerprint density at radius 2 is 1.92 bits per heavy atom. The average Bonchev–Trinajstić information content (AvgIpc) is 3.47. The van der Waals surface area contributed by atoms with Crippen LogP contribution in [0.1, 0.15) is 12.8 Å². The van der Waals surface area contributed by atoms with Gasteiger partial charge in [-0.25, -0.2) is 0 Å². The van der Waals surface area contributed by atoms with Gasteiger partial charge in [0.2, 0.25) is 5.91 Å². The Balaban J connectivity index is 1.55. The summed E-state index contributed by atoms with van der Waals surface area (Å²) < 4.78 is 10.6. The Kier molecular flexibility index (Phi) is 5.26. The lowest BCUT2D eigenvalue weighted by molar-refractivity contribution is -0.118. The van der Waals surface area contributed by atoms with Crippen LogP contribution in [-0.2, 0) is 9.59 Å². The molecule has 0 heterocycles. The number of carbonyl (C=O) groups is 2. The summed E-state index contributed by atoms with van der Waals surface area (Å²) in [6, 6.07) is 12.0. The molecule has 0 saturated heterocycles. The maximum Gasteiger partial charge on any atom is 0.262 e. The Labute approximate surface area is 151 Å². The van der Waals surface area contributed by atoms with Crippen molar-refractivity contribution < 1.29 is 19.1 Å². The van der Waals surface area contributed by atoms with Crippen LogP contribution in [0.25, 0.3) is 0 Å². The van der Waals surface area contributed by atoms with Gasteiger partial charge in [0.1, 0.15) is 11.5 Å². The minimum atomic E-state index is -0.350. The van der Waals surface area contributed by atoms with Gasteiger partial charge in [-0.15, -0.1) is 0 Å². The van der Waals surface area contributed by atoms with Gasteiger partial charge >= 0.3 is 0 Å². The number of hydrogen-bond acceptors (Lipinski definition) is 5. The first kappa shape index (κ1) is 17.6. The first-order valence-corrected chi connectivity index (χ1v) is 8.32. The minimum Gasteiger partial charge on any atom is -0.497 e. The molecule has 7 nitrogen and oxygen atoms in total. The predicted molar refractivity (Wildman–Crippen MR) is 99.3 cm³/mol. The number of nitrogens with one attached hydrogen (secondary N) is 2. The maximum absolute atomic E-state index is 12.1. The molecule has 2 aromatic rings. The van der Waals surface area contributed by atoms with Crippen molar-refractivity contribution in [1.82, 2.24) is 0 Å². The number of amides is 2. The van der Waals surface area contributed by atoms with Gasteiger partial charge in [0, 0.05) is 23.7 Å². The Morgan fingerprint density at radius 3 is 2.65 bits per heavy atom. The van der Waals surface area contributed by atoms with Crippen molar-refractivity contribution in [2.24, 2.45) is 5.92 Å². The highest BCUT2D eigenvalue weighted by Crippen LogP contribution is 2.30. The fourth-order valence-corrected chi connectivity index (χ4v) is 2.36. The monoisotopic (exact) mass is 355 g/mol. The number of benzene rings is 2. The van der Waals surface area contributed by atoms with E-state index in [2.05, 4.69) is 10.6 Å². The molecular weight excluding hydrogens is 334 g/mol. The van der Waals surface area contributed by atoms with E-state index in [9.17, 15) is 9.59 Å². The fourth-order valence-electron chi connectivity index (χ4n) is 2.36. The minimum absolute atomic E-state index is 0.0217. The van der Waals surface area contributed by atoms with Crippen molar-refractivity contribution >= 4 is 28.9 Å². The first-order valence-electron chi connectivity index (χ1n) is 8.32. The highest BCUT2D eigenvalue weighted by molar-refractivity contribution is 5.95. The topological polar surface area (TPSA) is 103 Å². The zero-order valence-electron chi connectivity index (χ0n) is 14.5. The molecule has 0 spiro atoms. The molecule has 26 heavy (non-hydrogen) atoms. The van der Waals surface area contributed by atoms with Crippen LogP contribution in [0, 0.1) is 5.92 Å². The smallest absolute Gasteiger partial charge is 0.262 e. The molecule has 1 fully saturated rings. The SMILES string of the molecule is COc1ccc(N)c(NC(=O)COc2cccc(NC(=O)C3CC3)c2)c1. The molecule has 3 rings (SSSR count). The number of methoxy groups -OCH3 is 1. The Morgan fingerprint density at radius 1 is 1.12 bits per heavy atom. The van der Waals surface area contributed by atoms with Crippen molar-refractivity contribution in [2.45, 2.75) is 12.8 Å². The van der Waals surface area contributed by atoms with Gasteiger partial charge in [0.05, 0.1) is 18.5 Å². The van der Waals surface area contributed by atoms with Gasteiger partial charge in [-0.05, 0) is 37.1 Å². The number of anilines is 3. The molecule has 7 heteroatoms. The van der Waals surface area contributed by atoms with E-state index in [1.54, 1.807) is 42.5 Å². The number of nitrogens with two attached hydrogens (primary N) is 1. The highest BCUT2D eigenvalue weighted by atomic mass is 16.5. The molecule has 1 aliphatic carbocycles. The molecule has 0 unspecified atom stereocenters. The average molecular weight is 355 g/mol. The molecule has 1 saturated carbocycles. The number of ether oxygens (including phenoxy) is 2. The van der Waals surface area contributed by atoms with E-state index in [4.69, 9.17) is 15.2 Å². The van der Waals surface area contributed by atoms with Crippen LogP contribution in [-0.4, -0.2) is 25.5 Å². The van der Waals surface area contributed by atoms with E-state index in [0.717, 1.165) is 12.8 Å². The second kappa shape index (κ2) is 7.77. The van der Waals surface area contributed by atoms with E-state index in [0.29, 0.717) is 28.6 Å². The molecule has 0 bridgehead atoms. The lowest BCUT2D eigenvalue weighted by Gasteiger charge is -2.11. The number of hydrogen-bond donors (Lipinski definition) is 3. The molecule has 0 aromatic heterocycles. The summed E-state index contributed by atoms with van der Waals surface area (Å²) in [5, 5.41) is 5.53. The van der Waals surface area contributed by atoms with Crippen LogP contribution in [0.2, 0.25) is 0 Å². The summed E-state index contributed by atoms with van der Waals surface area (Å²) in [5.74, 6) is 0.881. The van der Waals surface area contributed by atoms with Crippen molar-refractivity contribution in [1.29, 1.82) is 0 Å². The molecule has 2 amide bonds. The second-order valence-electron chi connectivity index (χ2n) is 6.08. The van der Waals surface area contributed by atoms with E-state index in [1.807, 2.05) is 0 Å². The zero-order chi connectivity index (χ0) is 18.5. The number of nitrogen functional groups attached to an aromatic ring is 1. The molecule has 1 aliphatic rings. The lowest BCUT2D eigenvalue weighted by Crippen LogP contribution is -2.21. The number of rotatable bonds is 7. The highest BCUT2D eigenvalue weighted by Gasteiger charge is 2.29. The summed E-state index contributed by atoms with van der Waals surface area (Å²) in [4.78, 5) is 23.9. The second-order valence-corrected chi connectivity index (χ2v) is 6.08. The van der Waals surface area contributed by atoms with E-state index in [-0.39, 0.29) is 24.3 Å². The largest absolute Gasteiger partial charge is 0.497 e. The Hall–Kier alpha value is -3.22. The predicted octanol–water partition coefficient (Wildman–Crippen LogP) is 2.64. The van der Waals surface area contributed by atoms with Crippen LogP contribution >= 0.6 is 0 Å². The van der Waals surface area contributed by atoms with Crippen molar-refractivity contribution in [3.8, 4) is 11.5 Å². The van der Waals surface area contributed by atoms with Gasteiger partial charge in [-0.1, -0.05) is 6.07 Å². The molecule has 2 aromatic carbocycles. The van der Waals surface area contributed by atoms with Gasteiger partial charge in [0.25, 0.3) is 5.91 Å². The van der Waals surface area contributed by atoms with E-state index >= 15 is 0 Å². The van der Waals surface area contributed by atoms with Crippen LogP contribution in [0.4, 0.5) is 17.1 Å². The normalized spacial score (nSPS) is 13.0. The lowest BCUT2D eigenvalue weighted by atomic mass is 10.2. The quantitative estimate of drug-likeness (QED) is 0.663. The molecule has 4 N–H and O–H groups in total. The summed E-state index contributed by atoms with van der Waals surface area (Å²) in [5.41, 5.74) is 7.39. The van der Waals surface area contributed by atoms with Crippen LogP contribution in [0.15, 0.2) is 42.5 Å². The molecular formula is C19H21N3O4. The zero-order valence-corrected chi connectivity index (χ0v) is 14.5. The van der Waals surface area contributed by atoms with Gasteiger partial charge in [-0.3, -0.25) is 9.59 Å². The Bertz CT molecular complexity index is 818. The van der Waals surface area contributed by atoms with Crippen molar-refractivity contribution in [3.63, 3.8) is 0 Å². The third kappa shape index (κ3) is 4.66. The third-order valence-corrected chi connectivity index (χ3v) is 3.95. The molecule has 0 radical (unpaired) electrons.